The fourth-order valence-electron chi connectivity index (χ4n) is 1.43. The molecule has 0 aliphatic rings. The molecule has 0 aliphatic heterocycles. The molecule has 1 rings (SSSR count). The van der Waals surface area contributed by atoms with Crippen molar-refractivity contribution in [1.29, 1.82) is 0 Å². The summed E-state index contributed by atoms with van der Waals surface area (Å²) in [5.41, 5.74) is 0.513. The molecular weight excluding hydrogens is 216 g/mol. The molecule has 1 aromatic carbocycles. The Morgan fingerprint density at radius 3 is 2.41 bits per heavy atom. The Labute approximate surface area is 102 Å². The molecule has 1 N–H and O–H groups in total. The van der Waals surface area contributed by atoms with Crippen molar-refractivity contribution in [1.82, 2.24) is 0 Å². The molecule has 94 valence electrons. The van der Waals surface area contributed by atoms with Gasteiger partial charge in [-0.3, -0.25) is 0 Å². The van der Waals surface area contributed by atoms with Crippen LogP contribution < -0.4 is 4.74 Å². The van der Waals surface area contributed by atoms with Crippen LogP contribution >= 0.6 is 0 Å². The Morgan fingerprint density at radius 1 is 1.35 bits per heavy atom. The number of carbonyl (C=O) groups is 1. The topological polar surface area (TPSA) is 46.5 Å². The third kappa shape index (κ3) is 3.56. The fraction of sp³-hybridized carbons (Fsp3) is 0.500. The zero-order valence-corrected chi connectivity index (χ0v) is 11.1. The lowest BCUT2D eigenvalue weighted by Gasteiger charge is -2.18. The molecule has 0 spiro atoms. The van der Waals surface area contributed by atoms with E-state index in [1.165, 1.54) is 13.8 Å². The summed E-state index contributed by atoms with van der Waals surface area (Å²) in [4.78, 5) is 11.6. The molecule has 0 unspecified atom stereocenters. The highest BCUT2D eigenvalue weighted by atomic mass is 16.6. The molecule has 0 radical (unpaired) electrons. The van der Waals surface area contributed by atoms with Crippen LogP contribution in [0.4, 0.5) is 0 Å². The highest BCUT2D eigenvalue weighted by Crippen LogP contribution is 2.28. The average Bonchev–Trinajstić information content (AvgIpc) is 2.15. The lowest BCUT2D eigenvalue weighted by molar-refractivity contribution is -0.151. The van der Waals surface area contributed by atoms with Crippen LogP contribution in [0, 0.1) is 6.92 Å². The van der Waals surface area contributed by atoms with E-state index in [1.54, 1.807) is 0 Å². The van der Waals surface area contributed by atoms with Gasteiger partial charge in [0.25, 0.3) is 0 Å². The van der Waals surface area contributed by atoms with Gasteiger partial charge in [-0.05, 0) is 43.9 Å². The number of rotatable bonds is 3. The van der Waals surface area contributed by atoms with Crippen LogP contribution in [0.2, 0.25) is 0 Å². The molecule has 0 aromatic heterocycles. The van der Waals surface area contributed by atoms with Gasteiger partial charge in [-0.1, -0.05) is 26.0 Å². The number of aliphatic hydroxyl groups is 1. The summed E-state index contributed by atoms with van der Waals surface area (Å²) in [6.07, 6.45) is 0. The van der Waals surface area contributed by atoms with Gasteiger partial charge in [0.2, 0.25) is 0 Å². The van der Waals surface area contributed by atoms with Crippen LogP contribution in [0.5, 0.6) is 5.75 Å². The Bertz CT molecular complexity index is 414. The predicted octanol–water partition coefficient (Wildman–Crippen LogP) is 2.79. The summed E-state index contributed by atoms with van der Waals surface area (Å²) in [5, 5.41) is 9.57. The van der Waals surface area contributed by atoms with Crippen molar-refractivity contribution >= 4 is 5.97 Å². The van der Waals surface area contributed by atoms with E-state index in [0.717, 1.165) is 11.1 Å². The number of aryl methyl sites for hydroxylation is 1. The monoisotopic (exact) mass is 236 g/mol. The highest BCUT2D eigenvalue weighted by Gasteiger charge is 2.27. The molecule has 0 bridgehead atoms. The summed E-state index contributed by atoms with van der Waals surface area (Å²) < 4.78 is 5.26. The molecule has 3 heteroatoms. The van der Waals surface area contributed by atoms with Gasteiger partial charge in [-0.25, -0.2) is 4.79 Å². The maximum Gasteiger partial charge on any atom is 0.342 e. The molecule has 0 heterocycles. The van der Waals surface area contributed by atoms with E-state index in [0.29, 0.717) is 5.75 Å². The van der Waals surface area contributed by atoms with Crippen LogP contribution in [0.1, 0.15) is 44.7 Å². The second-order valence-electron chi connectivity index (χ2n) is 5.14. The van der Waals surface area contributed by atoms with Gasteiger partial charge in [-0.2, -0.15) is 0 Å². The lowest BCUT2D eigenvalue weighted by Crippen LogP contribution is -2.35. The van der Waals surface area contributed by atoms with Crippen molar-refractivity contribution in [2.45, 2.75) is 46.1 Å². The van der Waals surface area contributed by atoms with Gasteiger partial charge in [0, 0.05) is 0 Å². The molecule has 3 nitrogen and oxygen atoms in total. The fourth-order valence-corrected chi connectivity index (χ4v) is 1.43. The van der Waals surface area contributed by atoms with E-state index < -0.39 is 11.6 Å². The second kappa shape index (κ2) is 4.88. The van der Waals surface area contributed by atoms with Gasteiger partial charge < -0.3 is 9.84 Å². The first-order valence-electron chi connectivity index (χ1n) is 5.77. The first-order chi connectivity index (χ1) is 7.71. The molecule has 0 aliphatic carbocycles. The van der Waals surface area contributed by atoms with Crippen molar-refractivity contribution in [2.75, 3.05) is 0 Å². The summed E-state index contributed by atoms with van der Waals surface area (Å²) in [6.45, 7) is 8.84. The standard InChI is InChI=1S/C14H20O3/c1-9(2)11-7-6-10(3)8-12(11)17-13(15)14(4,5)16/h6-9,16H,1-5H3. The van der Waals surface area contributed by atoms with E-state index in [9.17, 15) is 9.90 Å². The number of ether oxygens (including phenoxy) is 1. The van der Waals surface area contributed by atoms with Crippen molar-refractivity contribution in [2.24, 2.45) is 0 Å². The van der Waals surface area contributed by atoms with Crippen LogP contribution in [-0.2, 0) is 4.79 Å². The number of hydrogen-bond acceptors (Lipinski definition) is 3. The number of carbonyl (C=O) groups excluding carboxylic acids is 1. The highest BCUT2D eigenvalue weighted by molar-refractivity contribution is 5.80. The molecule has 17 heavy (non-hydrogen) atoms. The van der Waals surface area contributed by atoms with Crippen LogP contribution in [-0.4, -0.2) is 16.7 Å². The zero-order valence-electron chi connectivity index (χ0n) is 11.1. The largest absolute Gasteiger partial charge is 0.424 e. The van der Waals surface area contributed by atoms with Crippen molar-refractivity contribution in [3.63, 3.8) is 0 Å². The van der Waals surface area contributed by atoms with Crippen molar-refractivity contribution in [3.8, 4) is 5.75 Å². The summed E-state index contributed by atoms with van der Waals surface area (Å²) in [6, 6.07) is 5.75. The van der Waals surface area contributed by atoms with Gasteiger partial charge in [0.05, 0.1) is 0 Å². The SMILES string of the molecule is Cc1ccc(C(C)C)c(OC(=O)C(C)(C)O)c1. The van der Waals surface area contributed by atoms with Gasteiger partial charge in [0.15, 0.2) is 5.60 Å². The van der Waals surface area contributed by atoms with Crippen molar-refractivity contribution in [3.05, 3.63) is 29.3 Å². The van der Waals surface area contributed by atoms with E-state index in [4.69, 9.17) is 4.74 Å². The van der Waals surface area contributed by atoms with Crippen LogP contribution in [0.15, 0.2) is 18.2 Å². The van der Waals surface area contributed by atoms with E-state index in [-0.39, 0.29) is 5.92 Å². The first-order valence-corrected chi connectivity index (χ1v) is 5.77. The number of benzene rings is 1. The Kier molecular flexibility index (Phi) is 3.94. The minimum Gasteiger partial charge on any atom is -0.424 e. The zero-order chi connectivity index (χ0) is 13.2. The average molecular weight is 236 g/mol. The normalized spacial score (nSPS) is 11.7. The molecular formula is C14H20O3. The van der Waals surface area contributed by atoms with E-state index >= 15 is 0 Å². The minimum atomic E-state index is -1.47. The second-order valence-corrected chi connectivity index (χ2v) is 5.14. The third-order valence-corrected chi connectivity index (χ3v) is 2.49. The molecule has 0 saturated carbocycles. The number of hydrogen-bond donors (Lipinski definition) is 1. The van der Waals surface area contributed by atoms with Gasteiger partial charge in [-0.15, -0.1) is 0 Å². The van der Waals surface area contributed by atoms with Gasteiger partial charge in [0.1, 0.15) is 5.75 Å². The third-order valence-electron chi connectivity index (χ3n) is 2.49. The first kappa shape index (κ1) is 13.7. The van der Waals surface area contributed by atoms with E-state index in [1.807, 2.05) is 39.0 Å². The van der Waals surface area contributed by atoms with Crippen LogP contribution in [0.25, 0.3) is 0 Å². The summed E-state index contributed by atoms with van der Waals surface area (Å²) in [5.74, 6) is 0.164. The molecule has 0 fully saturated rings. The van der Waals surface area contributed by atoms with Gasteiger partial charge >= 0.3 is 5.97 Å². The molecule has 0 saturated heterocycles. The smallest absolute Gasteiger partial charge is 0.342 e. The quantitative estimate of drug-likeness (QED) is 0.648. The predicted molar refractivity (Wildman–Crippen MR) is 67.2 cm³/mol. The molecule has 0 amide bonds. The molecule has 1 aromatic rings. The van der Waals surface area contributed by atoms with Crippen molar-refractivity contribution < 1.29 is 14.6 Å². The Balaban J connectivity index is 3.05. The van der Waals surface area contributed by atoms with E-state index in [2.05, 4.69) is 0 Å². The number of esters is 1. The molecule has 0 atom stereocenters. The lowest BCUT2D eigenvalue weighted by atomic mass is 10.0. The maximum atomic E-state index is 11.6. The summed E-state index contributed by atoms with van der Waals surface area (Å²) >= 11 is 0. The minimum absolute atomic E-state index is 0.264. The Hall–Kier alpha value is -1.35. The maximum absolute atomic E-state index is 11.6. The Morgan fingerprint density at radius 2 is 1.94 bits per heavy atom. The summed E-state index contributed by atoms with van der Waals surface area (Å²) in [7, 11) is 0. The van der Waals surface area contributed by atoms with Crippen LogP contribution in [0.3, 0.4) is 0 Å².